The van der Waals surface area contributed by atoms with Crippen LogP contribution in [0.5, 0.6) is 0 Å². The van der Waals surface area contributed by atoms with E-state index in [2.05, 4.69) is 31.8 Å². The number of rotatable bonds is 4. The molecule has 0 radical (unpaired) electrons. The molecule has 0 aliphatic rings. The summed E-state index contributed by atoms with van der Waals surface area (Å²) in [6.45, 7) is 8.73. The van der Waals surface area contributed by atoms with Gasteiger partial charge in [0.2, 0.25) is 0 Å². The monoisotopic (exact) mass is 467 g/mol. The molecule has 4 rings (SSSR count). The molecule has 0 saturated heterocycles. The Labute approximate surface area is 203 Å². The lowest BCUT2D eigenvalue weighted by Crippen LogP contribution is -2.26. The summed E-state index contributed by atoms with van der Waals surface area (Å²) in [6.07, 6.45) is 9.85. The Balaban J connectivity index is 1.91. The van der Waals surface area contributed by atoms with Crippen LogP contribution < -0.4 is 0 Å². The molecule has 176 valence electrons. The van der Waals surface area contributed by atoms with Gasteiger partial charge in [-0.25, -0.2) is 19.9 Å². The third-order valence-electron chi connectivity index (χ3n) is 5.11. The van der Waals surface area contributed by atoms with Crippen LogP contribution in [0.2, 0.25) is 0 Å². The van der Waals surface area contributed by atoms with Crippen LogP contribution in [0.25, 0.3) is 22.0 Å². The van der Waals surface area contributed by atoms with Gasteiger partial charge < -0.3 is 9.30 Å². The molecular weight excluding hydrogens is 442 g/mol. The van der Waals surface area contributed by atoms with Crippen molar-refractivity contribution in [2.45, 2.75) is 46.8 Å². The van der Waals surface area contributed by atoms with E-state index in [9.17, 15) is 9.59 Å². The van der Waals surface area contributed by atoms with Gasteiger partial charge in [-0.3, -0.25) is 9.59 Å². The molecule has 0 aliphatic carbocycles. The molecule has 0 atom stereocenters. The van der Waals surface area contributed by atoms with Crippen molar-refractivity contribution in [3.8, 4) is 23.0 Å². The zero-order chi connectivity index (χ0) is 25.2. The summed E-state index contributed by atoms with van der Waals surface area (Å²) in [7, 11) is 0. The second kappa shape index (κ2) is 9.47. The molecule has 35 heavy (non-hydrogen) atoms. The number of esters is 1. The van der Waals surface area contributed by atoms with Crippen molar-refractivity contribution in [1.29, 1.82) is 0 Å². The molecule has 1 aromatic carbocycles. The SMILES string of the molecule is CC(=O)c1cn(CC(=O)OC(C)(C)C)c2cc(C#Cc3cncnc3)c(-c3cnc(C)nc3)cc12. The number of hydrogen-bond donors (Lipinski definition) is 0. The molecule has 0 unspecified atom stereocenters. The van der Waals surface area contributed by atoms with Gasteiger partial charge in [-0.1, -0.05) is 11.8 Å². The quantitative estimate of drug-likeness (QED) is 0.253. The number of fused-ring (bicyclic) bond motifs is 1. The molecule has 3 heterocycles. The first kappa shape index (κ1) is 23.8. The van der Waals surface area contributed by atoms with Crippen molar-refractivity contribution in [2.24, 2.45) is 0 Å². The highest BCUT2D eigenvalue weighted by atomic mass is 16.6. The molecule has 0 spiro atoms. The minimum atomic E-state index is -0.615. The number of ether oxygens (including phenoxy) is 1. The number of carbonyl (C=O) groups excluding carboxylic acids is 2. The second-order valence-corrected chi connectivity index (χ2v) is 9.12. The van der Waals surface area contributed by atoms with E-state index in [1.54, 1.807) is 35.6 Å². The largest absolute Gasteiger partial charge is 0.459 e. The molecule has 0 N–H and O–H groups in total. The smallest absolute Gasteiger partial charge is 0.326 e. The summed E-state index contributed by atoms with van der Waals surface area (Å²) < 4.78 is 7.23. The first-order valence-electron chi connectivity index (χ1n) is 11.1. The van der Waals surface area contributed by atoms with E-state index in [0.29, 0.717) is 33.4 Å². The van der Waals surface area contributed by atoms with Gasteiger partial charge in [0.05, 0.1) is 11.1 Å². The maximum Gasteiger partial charge on any atom is 0.326 e. The lowest BCUT2D eigenvalue weighted by molar-refractivity contribution is -0.155. The van der Waals surface area contributed by atoms with Crippen LogP contribution in [0.4, 0.5) is 0 Å². The molecule has 3 aromatic heterocycles. The standard InChI is InChI=1S/C27H25N5O3/c1-17(33)24-14-32(15-26(34)35-27(3,4)5)25-8-20(7-6-19-10-28-16-29-11-19)22(9-23(24)25)21-12-30-18(2)31-13-21/h8-14,16H,15H2,1-5H3. The van der Waals surface area contributed by atoms with Gasteiger partial charge in [-0.05, 0) is 46.8 Å². The summed E-state index contributed by atoms with van der Waals surface area (Å²) in [6, 6.07) is 3.77. The van der Waals surface area contributed by atoms with E-state index in [4.69, 9.17) is 4.74 Å². The molecule has 0 fully saturated rings. The van der Waals surface area contributed by atoms with Gasteiger partial charge >= 0.3 is 5.97 Å². The summed E-state index contributed by atoms with van der Waals surface area (Å²) in [5.74, 6) is 6.43. The van der Waals surface area contributed by atoms with Gasteiger partial charge in [0.1, 0.15) is 24.3 Å². The Kier molecular flexibility index (Phi) is 6.43. The Hall–Kier alpha value is -4.38. The highest BCUT2D eigenvalue weighted by Gasteiger charge is 2.20. The lowest BCUT2D eigenvalue weighted by atomic mass is 9.98. The van der Waals surface area contributed by atoms with Gasteiger partial charge in [0.15, 0.2) is 5.78 Å². The first-order valence-corrected chi connectivity index (χ1v) is 11.1. The zero-order valence-corrected chi connectivity index (χ0v) is 20.3. The normalized spacial score (nSPS) is 11.1. The van der Waals surface area contributed by atoms with E-state index < -0.39 is 11.6 Å². The summed E-state index contributed by atoms with van der Waals surface area (Å²) in [4.78, 5) is 41.7. The second-order valence-electron chi connectivity index (χ2n) is 9.12. The Morgan fingerprint density at radius 2 is 1.71 bits per heavy atom. The fourth-order valence-corrected chi connectivity index (χ4v) is 3.64. The molecule has 8 nitrogen and oxygen atoms in total. The van der Waals surface area contributed by atoms with E-state index in [1.165, 1.54) is 13.3 Å². The van der Waals surface area contributed by atoms with E-state index in [-0.39, 0.29) is 12.3 Å². The van der Waals surface area contributed by atoms with Crippen LogP contribution >= 0.6 is 0 Å². The van der Waals surface area contributed by atoms with E-state index >= 15 is 0 Å². The van der Waals surface area contributed by atoms with Crippen molar-refractivity contribution in [3.05, 3.63) is 72.0 Å². The summed E-state index contributed by atoms with van der Waals surface area (Å²) >= 11 is 0. The molecule has 0 bridgehead atoms. The maximum atomic E-state index is 12.6. The highest BCUT2D eigenvalue weighted by Crippen LogP contribution is 2.31. The summed E-state index contributed by atoms with van der Waals surface area (Å²) in [5.41, 5.74) is 3.48. The number of nitrogens with zero attached hydrogens (tertiary/aromatic N) is 5. The van der Waals surface area contributed by atoms with Gasteiger partial charge in [-0.2, -0.15) is 0 Å². The zero-order valence-electron chi connectivity index (χ0n) is 20.3. The van der Waals surface area contributed by atoms with E-state index in [1.807, 2.05) is 39.8 Å². The summed E-state index contributed by atoms with van der Waals surface area (Å²) in [5, 5.41) is 0.713. The highest BCUT2D eigenvalue weighted by molar-refractivity contribution is 6.08. The topological polar surface area (TPSA) is 99.9 Å². The fraction of sp³-hybridized carbons (Fsp3) is 0.259. The number of hydrogen-bond acceptors (Lipinski definition) is 7. The Morgan fingerprint density at radius 1 is 1.03 bits per heavy atom. The average molecular weight is 468 g/mol. The van der Waals surface area contributed by atoms with E-state index in [0.717, 1.165) is 11.1 Å². The number of ketones is 1. The van der Waals surface area contributed by atoms with Crippen molar-refractivity contribution in [1.82, 2.24) is 24.5 Å². The predicted octanol–water partition coefficient (Wildman–Crippen LogP) is 4.14. The minimum absolute atomic E-state index is 0.0343. The fourth-order valence-electron chi connectivity index (χ4n) is 3.64. The van der Waals surface area contributed by atoms with Gasteiger partial charge in [0, 0.05) is 58.6 Å². The van der Waals surface area contributed by atoms with Crippen LogP contribution in [-0.2, 0) is 16.1 Å². The molecule has 0 aliphatic heterocycles. The number of benzene rings is 1. The van der Waals surface area contributed by atoms with Gasteiger partial charge in [0.25, 0.3) is 0 Å². The van der Waals surface area contributed by atoms with Crippen LogP contribution in [0.3, 0.4) is 0 Å². The molecule has 8 heteroatoms. The number of carbonyl (C=O) groups is 2. The van der Waals surface area contributed by atoms with Crippen molar-refractivity contribution in [3.63, 3.8) is 0 Å². The molecule has 0 amide bonds. The van der Waals surface area contributed by atoms with Crippen LogP contribution in [0, 0.1) is 18.8 Å². The van der Waals surface area contributed by atoms with Crippen LogP contribution in [0.15, 0.2) is 49.4 Å². The lowest BCUT2D eigenvalue weighted by Gasteiger charge is -2.19. The molecular formula is C27H25N5O3. The Morgan fingerprint density at radius 3 is 2.34 bits per heavy atom. The van der Waals surface area contributed by atoms with Crippen LogP contribution in [0.1, 0.15) is 55.0 Å². The van der Waals surface area contributed by atoms with Crippen molar-refractivity contribution < 1.29 is 14.3 Å². The number of aromatic nitrogens is 5. The van der Waals surface area contributed by atoms with Crippen LogP contribution in [-0.4, -0.2) is 41.9 Å². The molecule has 4 aromatic rings. The van der Waals surface area contributed by atoms with Gasteiger partial charge in [-0.15, -0.1) is 0 Å². The number of Topliss-reactive ketones (excluding diaryl/α,β-unsaturated/α-hetero) is 1. The molecule has 0 saturated carbocycles. The minimum Gasteiger partial charge on any atom is -0.459 e. The third kappa shape index (κ3) is 5.58. The van der Waals surface area contributed by atoms with Crippen molar-refractivity contribution in [2.75, 3.05) is 0 Å². The Bertz CT molecular complexity index is 1470. The van der Waals surface area contributed by atoms with Crippen molar-refractivity contribution >= 4 is 22.7 Å². The first-order chi connectivity index (χ1) is 16.6. The number of aryl methyl sites for hydroxylation is 1. The maximum absolute atomic E-state index is 12.6. The third-order valence-corrected chi connectivity index (χ3v) is 5.11. The predicted molar refractivity (Wildman–Crippen MR) is 132 cm³/mol. The average Bonchev–Trinajstić information content (AvgIpc) is 3.14.